The van der Waals surface area contributed by atoms with E-state index in [9.17, 15) is 4.79 Å². The van der Waals surface area contributed by atoms with E-state index in [4.69, 9.17) is 5.73 Å². The molecule has 3 saturated carbocycles. The Balaban J connectivity index is 0.00000147. The van der Waals surface area contributed by atoms with Gasteiger partial charge in [0.2, 0.25) is 5.91 Å². The normalized spacial score (nSPS) is 36.4. The van der Waals surface area contributed by atoms with Gasteiger partial charge in [-0.25, -0.2) is 0 Å². The molecule has 2 N–H and O–H groups in total. The summed E-state index contributed by atoms with van der Waals surface area (Å²) < 4.78 is 0. The zero-order valence-electron chi connectivity index (χ0n) is 12.8. The minimum atomic E-state index is 0. The molecule has 2 unspecified atom stereocenters. The fraction of sp³-hybridized carbons (Fsp3) is 0.938. The first-order valence-electron chi connectivity index (χ1n) is 8.15. The number of fused-ring (bicyclic) bond motifs is 2. The van der Waals surface area contributed by atoms with Crippen LogP contribution in [0.1, 0.15) is 58.8 Å². The number of nitrogens with two attached hydrogens (primary N) is 1. The predicted molar refractivity (Wildman–Crippen MR) is 83.8 cm³/mol. The number of amides is 1. The van der Waals surface area contributed by atoms with Crippen LogP contribution in [0.15, 0.2) is 0 Å². The van der Waals surface area contributed by atoms with Crippen molar-refractivity contribution in [3.8, 4) is 0 Å². The first-order chi connectivity index (χ1) is 9.08. The molecule has 0 saturated heterocycles. The highest BCUT2D eigenvalue weighted by atomic mass is 35.5. The van der Waals surface area contributed by atoms with Crippen molar-refractivity contribution in [3.05, 3.63) is 0 Å². The Bertz CT molecular complexity index is 340. The molecular weight excluding hydrogens is 272 g/mol. The molecule has 0 heterocycles. The second-order valence-corrected chi connectivity index (χ2v) is 7.27. The van der Waals surface area contributed by atoms with E-state index in [1.54, 1.807) is 0 Å². The van der Waals surface area contributed by atoms with Gasteiger partial charge in [0.1, 0.15) is 0 Å². The Morgan fingerprint density at radius 3 is 2.10 bits per heavy atom. The third kappa shape index (κ3) is 2.99. The summed E-state index contributed by atoms with van der Waals surface area (Å²) in [6.07, 6.45) is 8.32. The van der Waals surface area contributed by atoms with Crippen LogP contribution in [0.4, 0.5) is 0 Å². The van der Waals surface area contributed by atoms with Crippen LogP contribution >= 0.6 is 12.4 Å². The van der Waals surface area contributed by atoms with Crippen LogP contribution in [0.5, 0.6) is 0 Å². The summed E-state index contributed by atoms with van der Waals surface area (Å²) >= 11 is 0. The largest absolute Gasteiger partial charge is 0.337 e. The quantitative estimate of drug-likeness (QED) is 0.871. The van der Waals surface area contributed by atoms with Gasteiger partial charge in [0.15, 0.2) is 0 Å². The van der Waals surface area contributed by atoms with Crippen molar-refractivity contribution in [3.63, 3.8) is 0 Å². The summed E-state index contributed by atoms with van der Waals surface area (Å²) in [7, 11) is 0. The highest BCUT2D eigenvalue weighted by molar-refractivity contribution is 5.85. The number of rotatable bonds is 3. The van der Waals surface area contributed by atoms with Crippen molar-refractivity contribution in [1.29, 1.82) is 0 Å². The third-order valence-electron chi connectivity index (χ3n) is 5.51. The van der Waals surface area contributed by atoms with Crippen LogP contribution in [0.3, 0.4) is 0 Å². The lowest BCUT2D eigenvalue weighted by molar-refractivity contribution is -0.141. The summed E-state index contributed by atoms with van der Waals surface area (Å²) in [5, 5.41) is 0. The van der Waals surface area contributed by atoms with Gasteiger partial charge in [-0.1, -0.05) is 6.42 Å². The minimum absolute atomic E-state index is 0. The highest BCUT2D eigenvalue weighted by Gasteiger charge is 2.44. The van der Waals surface area contributed by atoms with Gasteiger partial charge in [-0.3, -0.25) is 4.79 Å². The molecule has 3 fully saturated rings. The molecule has 0 spiro atoms. The number of carbonyl (C=O) groups excluding carboxylic acids is 1. The first kappa shape index (κ1) is 16.1. The molecule has 0 aliphatic heterocycles. The van der Waals surface area contributed by atoms with Crippen molar-refractivity contribution in [1.82, 2.24) is 4.90 Å². The molecule has 3 aliphatic carbocycles. The summed E-state index contributed by atoms with van der Waals surface area (Å²) in [5.41, 5.74) is 6.33. The number of carbonyl (C=O) groups is 1. The second kappa shape index (κ2) is 6.23. The van der Waals surface area contributed by atoms with Crippen molar-refractivity contribution < 1.29 is 4.79 Å². The second-order valence-electron chi connectivity index (χ2n) is 7.27. The van der Waals surface area contributed by atoms with E-state index in [-0.39, 0.29) is 18.3 Å². The molecule has 116 valence electrons. The van der Waals surface area contributed by atoms with E-state index in [2.05, 4.69) is 18.7 Å². The Labute approximate surface area is 129 Å². The van der Waals surface area contributed by atoms with Crippen LogP contribution < -0.4 is 5.73 Å². The Kier molecular flexibility index (Phi) is 5.01. The molecular formula is C16H29ClN2O. The molecule has 3 nitrogen and oxygen atoms in total. The topological polar surface area (TPSA) is 46.3 Å². The van der Waals surface area contributed by atoms with Gasteiger partial charge in [0.25, 0.3) is 0 Å². The van der Waals surface area contributed by atoms with Gasteiger partial charge >= 0.3 is 0 Å². The molecule has 2 bridgehead atoms. The average Bonchev–Trinajstić information content (AvgIpc) is 3.12. The molecule has 20 heavy (non-hydrogen) atoms. The summed E-state index contributed by atoms with van der Waals surface area (Å²) in [6, 6.07) is 1.27. The van der Waals surface area contributed by atoms with Crippen molar-refractivity contribution in [2.45, 2.75) is 76.9 Å². The monoisotopic (exact) mass is 300 g/mol. The molecule has 0 radical (unpaired) electrons. The van der Waals surface area contributed by atoms with E-state index in [0.717, 1.165) is 12.8 Å². The summed E-state index contributed by atoms with van der Waals surface area (Å²) in [4.78, 5) is 15.0. The molecule has 3 aliphatic rings. The van der Waals surface area contributed by atoms with E-state index in [0.29, 0.717) is 35.9 Å². The molecule has 3 rings (SSSR count). The van der Waals surface area contributed by atoms with E-state index < -0.39 is 0 Å². The molecule has 1 amide bonds. The fourth-order valence-corrected chi connectivity index (χ4v) is 4.41. The Morgan fingerprint density at radius 1 is 1.10 bits per heavy atom. The lowest BCUT2D eigenvalue weighted by Crippen LogP contribution is -2.51. The minimum Gasteiger partial charge on any atom is -0.337 e. The molecule has 0 aromatic heterocycles. The smallest absolute Gasteiger partial charge is 0.226 e. The third-order valence-corrected chi connectivity index (χ3v) is 5.51. The van der Waals surface area contributed by atoms with E-state index in [1.807, 2.05) is 0 Å². The van der Waals surface area contributed by atoms with Crippen LogP contribution in [0, 0.1) is 17.8 Å². The molecule has 0 aromatic carbocycles. The van der Waals surface area contributed by atoms with Crippen molar-refractivity contribution in [2.75, 3.05) is 0 Å². The zero-order valence-corrected chi connectivity index (χ0v) is 13.6. The number of halogens is 1. The van der Waals surface area contributed by atoms with Crippen LogP contribution in [-0.2, 0) is 4.79 Å². The van der Waals surface area contributed by atoms with Crippen LogP contribution in [-0.4, -0.2) is 28.9 Å². The number of nitrogens with zero attached hydrogens (tertiary/aromatic N) is 1. The molecule has 4 heteroatoms. The highest BCUT2D eigenvalue weighted by Crippen LogP contribution is 2.43. The van der Waals surface area contributed by atoms with E-state index >= 15 is 0 Å². The van der Waals surface area contributed by atoms with Crippen LogP contribution in [0.2, 0.25) is 0 Å². The maximum atomic E-state index is 12.8. The lowest BCUT2D eigenvalue weighted by atomic mass is 9.65. The van der Waals surface area contributed by atoms with Gasteiger partial charge in [-0.2, -0.15) is 0 Å². The zero-order chi connectivity index (χ0) is 13.6. The lowest BCUT2D eigenvalue weighted by Gasteiger charge is -2.45. The van der Waals surface area contributed by atoms with E-state index in [1.165, 1.54) is 32.1 Å². The Morgan fingerprint density at radius 2 is 1.65 bits per heavy atom. The van der Waals surface area contributed by atoms with Crippen molar-refractivity contribution >= 4 is 18.3 Å². The van der Waals surface area contributed by atoms with Crippen molar-refractivity contribution in [2.24, 2.45) is 23.5 Å². The van der Waals surface area contributed by atoms with Gasteiger partial charge in [0.05, 0.1) is 0 Å². The maximum absolute atomic E-state index is 12.8. The Hall–Kier alpha value is -0.280. The van der Waals surface area contributed by atoms with Gasteiger partial charge in [-0.15, -0.1) is 12.4 Å². The van der Waals surface area contributed by atoms with Gasteiger partial charge in [-0.05, 0) is 64.2 Å². The summed E-state index contributed by atoms with van der Waals surface area (Å²) in [5.74, 6) is 1.91. The maximum Gasteiger partial charge on any atom is 0.226 e. The number of hydrogen-bond donors (Lipinski definition) is 1. The summed E-state index contributed by atoms with van der Waals surface area (Å²) in [6.45, 7) is 4.32. The molecule has 2 atom stereocenters. The predicted octanol–water partition coefficient (Wildman–Crippen LogP) is 2.96. The number of hydrogen-bond acceptors (Lipinski definition) is 2. The first-order valence-corrected chi connectivity index (χ1v) is 8.15. The molecule has 0 aromatic rings. The van der Waals surface area contributed by atoms with Crippen LogP contribution in [0.25, 0.3) is 0 Å². The van der Waals surface area contributed by atoms with Gasteiger partial charge in [0, 0.05) is 24.0 Å². The fourth-order valence-electron chi connectivity index (χ4n) is 4.41. The average molecular weight is 301 g/mol. The van der Waals surface area contributed by atoms with Gasteiger partial charge < -0.3 is 10.6 Å². The SMILES string of the molecule is CC(C)N(C(=O)C1CC2CCCC(C1)C2N)C1CC1.Cl. The standard InChI is InChI=1S/C16H28N2O.ClH/c1-10(2)18(14-6-7-14)16(19)13-8-11-4-3-5-12(9-13)15(11)17;/h10-15H,3-9,17H2,1-2H3;1H.